The third-order valence-corrected chi connectivity index (χ3v) is 4.56. The number of benzene rings is 1. The zero-order valence-electron chi connectivity index (χ0n) is 10.8. The Labute approximate surface area is 128 Å². The molecule has 19 heavy (non-hydrogen) atoms. The molecule has 1 atom stereocenters. The summed E-state index contributed by atoms with van der Waals surface area (Å²) in [4.78, 5) is 1.32. The van der Waals surface area contributed by atoms with Crippen molar-refractivity contribution in [3.05, 3.63) is 56.2 Å². The van der Waals surface area contributed by atoms with Crippen LogP contribution < -0.4 is 5.32 Å². The first-order valence-corrected chi connectivity index (χ1v) is 7.96. The second-order valence-electron chi connectivity index (χ2n) is 4.47. The fraction of sp³-hybridized carbons (Fsp3) is 0.333. The van der Waals surface area contributed by atoms with Crippen LogP contribution in [-0.2, 0) is 6.42 Å². The average molecular weight is 314 g/mol. The normalized spacial score (nSPS) is 12.6. The van der Waals surface area contributed by atoms with Crippen LogP contribution in [0.25, 0.3) is 0 Å². The van der Waals surface area contributed by atoms with Gasteiger partial charge in [-0.3, -0.25) is 0 Å². The molecule has 1 aromatic carbocycles. The number of hydrogen-bond donors (Lipinski definition) is 1. The molecule has 0 aliphatic rings. The van der Waals surface area contributed by atoms with E-state index in [1.165, 1.54) is 10.4 Å². The van der Waals surface area contributed by atoms with Crippen molar-refractivity contribution in [2.75, 3.05) is 13.1 Å². The minimum absolute atomic E-state index is 0.451. The number of nitrogens with one attached hydrogen (secondary N) is 1. The van der Waals surface area contributed by atoms with E-state index >= 15 is 0 Å². The summed E-state index contributed by atoms with van der Waals surface area (Å²) in [6, 6.07) is 12.2. The van der Waals surface area contributed by atoms with Gasteiger partial charge in [-0.2, -0.15) is 0 Å². The highest BCUT2D eigenvalue weighted by Gasteiger charge is 2.13. The van der Waals surface area contributed by atoms with Crippen molar-refractivity contribution in [3.8, 4) is 0 Å². The highest BCUT2D eigenvalue weighted by atomic mass is 35.5. The van der Waals surface area contributed by atoms with Crippen LogP contribution in [0, 0.1) is 0 Å². The van der Waals surface area contributed by atoms with Crippen molar-refractivity contribution < 1.29 is 0 Å². The molecule has 1 N–H and O–H groups in total. The van der Waals surface area contributed by atoms with Crippen LogP contribution in [0.4, 0.5) is 0 Å². The maximum atomic E-state index is 6.00. The van der Waals surface area contributed by atoms with Crippen molar-refractivity contribution >= 4 is 34.5 Å². The van der Waals surface area contributed by atoms with Gasteiger partial charge in [0, 0.05) is 22.4 Å². The van der Waals surface area contributed by atoms with Crippen LogP contribution in [0.2, 0.25) is 9.36 Å². The van der Waals surface area contributed by atoms with E-state index in [0.717, 1.165) is 28.9 Å². The summed E-state index contributed by atoms with van der Waals surface area (Å²) in [7, 11) is 0. The monoisotopic (exact) mass is 313 g/mol. The van der Waals surface area contributed by atoms with Gasteiger partial charge in [0.25, 0.3) is 0 Å². The predicted molar refractivity (Wildman–Crippen MR) is 85.8 cm³/mol. The van der Waals surface area contributed by atoms with Gasteiger partial charge in [0.1, 0.15) is 0 Å². The Kier molecular flexibility index (Phi) is 5.71. The molecule has 0 fully saturated rings. The summed E-state index contributed by atoms with van der Waals surface area (Å²) < 4.78 is 0.855. The molecule has 0 spiro atoms. The van der Waals surface area contributed by atoms with Crippen molar-refractivity contribution in [3.63, 3.8) is 0 Å². The van der Waals surface area contributed by atoms with E-state index in [0.29, 0.717) is 5.92 Å². The van der Waals surface area contributed by atoms with E-state index in [1.807, 2.05) is 18.2 Å². The molecule has 2 aromatic rings. The smallest absolute Gasteiger partial charge is 0.0931 e. The van der Waals surface area contributed by atoms with Gasteiger partial charge in [-0.15, -0.1) is 11.3 Å². The van der Waals surface area contributed by atoms with E-state index in [2.05, 4.69) is 30.4 Å². The summed E-state index contributed by atoms with van der Waals surface area (Å²) >= 11 is 13.6. The van der Waals surface area contributed by atoms with Gasteiger partial charge >= 0.3 is 0 Å². The van der Waals surface area contributed by atoms with Crippen molar-refractivity contribution in [1.29, 1.82) is 0 Å². The number of rotatable bonds is 6. The molecule has 0 aliphatic carbocycles. The molecule has 0 amide bonds. The molecule has 0 radical (unpaired) electrons. The summed E-state index contributed by atoms with van der Waals surface area (Å²) in [6.45, 7) is 4.07. The Morgan fingerprint density at radius 3 is 2.42 bits per heavy atom. The molecule has 4 heteroatoms. The van der Waals surface area contributed by atoms with Gasteiger partial charge in [0.15, 0.2) is 0 Å². The molecule has 1 aromatic heterocycles. The number of hydrogen-bond acceptors (Lipinski definition) is 2. The Bertz CT molecular complexity index is 507. The molecule has 1 unspecified atom stereocenters. The molecule has 0 saturated heterocycles. The Hall–Kier alpha value is -0.540. The lowest BCUT2D eigenvalue weighted by Crippen LogP contribution is -2.22. The van der Waals surface area contributed by atoms with Crippen molar-refractivity contribution in [2.24, 2.45) is 0 Å². The molecule has 0 bridgehead atoms. The van der Waals surface area contributed by atoms with Crippen LogP contribution in [0.15, 0.2) is 36.4 Å². The summed E-state index contributed by atoms with van der Waals surface area (Å²) in [6.07, 6.45) is 1.01. The van der Waals surface area contributed by atoms with Gasteiger partial charge < -0.3 is 5.32 Å². The third kappa shape index (κ3) is 4.50. The van der Waals surface area contributed by atoms with Crippen LogP contribution >= 0.6 is 34.5 Å². The van der Waals surface area contributed by atoms with E-state index in [9.17, 15) is 0 Å². The first-order chi connectivity index (χ1) is 9.19. The quantitative estimate of drug-likeness (QED) is 0.792. The zero-order chi connectivity index (χ0) is 13.7. The topological polar surface area (TPSA) is 12.0 Å². The van der Waals surface area contributed by atoms with Gasteiger partial charge in [-0.25, -0.2) is 0 Å². The molecule has 1 heterocycles. The first-order valence-electron chi connectivity index (χ1n) is 6.39. The largest absolute Gasteiger partial charge is 0.316 e. The van der Waals surface area contributed by atoms with Gasteiger partial charge in [0.2, 0.25) is 0 Å². The zero-order valence-corrected chi connectivity index (χ0v) is 13.2. The fourth-order valence-electron chi connectivity index (χ4n) is 2.07. The lowest BCUT2D eigenvalue weighted by Gasteiger charge is -2.17. The van der Waals surface area contributed by atoms with Crippen molar-refractivity contribution in [1.82, 2.24) is 5.32 Å². The van der Waals surface area contributed by atoms with E-state index in [-0.39, 0.29) is 0 Å². The van der Waals surface area contributed by atoms with Crippen LogP contribution in [0.1, 0.15) is 23.3 Å². The van der Waals surface area contributed by atoms with E-state index < -0.39 is 0 Å². The van der Waals surface area contributed by atoms with E-state index in [4.69, 9.17) is 23.2 Å². The molecule has 1 nitrogen and oxygen atoms in total. The standard InChI is InChI=1S/C15H17Cl2NS/c1-2-18-10-12(9-14-7-8-15(17)19-14)11-3-5-13(16)6-4-11/h3-8,12,18H,2,9-10H2,1H3. The summed E-state index contributed by atoms with van der Waals surface area (Å²) in [5, 5.41) is 4.21. The lowest BCUT2D eigenvalue weighted by atomic mass is 9.95. The maximum absolute atomic E-state index is 6.00. The van der Waals surface area contributed by atoms with Crippen LogP contribution in [0.3, 0.4) is 0 Å². The van der Waals surface area contributed by atoms with Gasteiger partial charge in [-0.1, -0.05) is 42.3 Å². The fourth-order valence-corrected chi connectivity index (χ4v) is 3.36. The van der Waals surface area contributed by atoms with Crippen LogP contribution in [0.5, 0.6) is 0 Å². The summed E-state index contributed by atoms with van der Waals surface area (Å²) in [5.41, 5.74) is 1.31. The number of halogens is 2. The maximum Gasteiger partial charge on any atom is 0.0931 e. The van der Waals surface area contributed by atoms with Crippen molar-refractivity contribution in [2.45, 2.75) is 19.3 Å². The SMILES string of the molecule is CCNCC(Cc1ccc(Cl)s1)c1ccc(Cl)cc1. The third-order valence-electron chi connectivity index (χ3n) is 3.06. The Morgan fingerprint density at radius 1 is 1.11 bits per heavy atom. The summed E-state index contributed by atoms with van der Waals surface area (Å²) in [5.74, 6) is 0.451. The lowest BCUT2D eigenvalue weighted by molar-refractivity contribution is 0.598. The van der Waals surface area contributed by atoms with E-state index in [1.54, 1.807) is 11.3 Å². The predicted octanol–water partition coefficient (Wildman–Crippen LogP) is 4.99. The first kappa shape index (κ1) is 14.9. The minimum atomic E-state index is 0.451. The Morgan fingerprint density at radius 2 is 1.84 bits per heavy atom. The number of thiophene rings is 1. The molecule has 0 saturated carbocycles. The number of likely N-dealkylation sites (N-methyl/N-ethyl adjacent to an activating group) is 1. The second-order valence-corrected chi connectivity index (χ2v) is 6.70. The van der Waals surface area contributed by atoms with Gasteiger partial charge in [0.05, 0.1) is 4.34 Å². The second kappa shape index (κ2) is 7.30. The molecular formula is C15H17Cl2NS. The van der Waals surface area contributed by atoms with Crippen LogP contribution in [-0.4, -0.2) is 13.1 Å². The average Bonchev–Trinajstić information content (AvgIpc) is 2.81. The van der Waals surface area contributed by atoms with Gasteiger partial charge in [-0.05, 0) is 42.8 Å². The highest BCUT2D eigenvalue weighted by Crippen LogP contribution is 2.28. The molecule has 0 aliphatic heterocycles. The highest BCUT2D eigenvalue weighted by molar-refractivity contribution is 7.16. The Balaban J connectivity index is 2.13. The minimum Gasteiger partial charge on any atom is -0.316 e. The molecule has 102 valence electrons. The molecular weight excluding hydrogens is 297 g/mol. The molecule has 2 rings (SSSR count).